The minimum absolute atomic E-state index is 0.324. The molecule has 2 rings (SSSR count). The molecule has 2 atom stereocenters. The molecule has 1 aromatic rings. The van der Waals surface area contributed by atoms with Crippen molar-refractivity contribution in [1.82, 2.24) is 5.32 Å². The first-order chi connectivity index (χ1) is 9.63. The normalized spacial score (nSPS) is 18.2. The molecule has 1 aliphatic carbocycles. The second-order valence-electron chi connectivity index (χ2n) is 5.94. The average molecular weight is 277 g/mol. The minimum atomic E-state index is 0.324. The minimum Gasteiger partial charge on any atom is -0.493 e. The summed E-state index contributed by atoms with van der Waals surface area (Å²) < 4.78 is 10.7. The summed E-state index contributed by atoms with van der Waals surface area (Å²) in [5.41, 5.74) is 1.24. The number of hydrogen-bond donors (Lipinski definition) is 1. The third-order valence-electron chi connectivity index (χ3n) is 4.35. The topological polar surface area (TPSA) is 30.5 Å². The second kappa shape index (κ2) is 6.98. The predicted molar refractivity (Wildman–Crippen MR) is 82.5 cm³/mol. The number of methoxy groups -OCH3 is 2. The van der Waals surface area contributed by atoms with Crippen LogP contribution in [0.25, 0.3) is 0 Å². The molecule has 3 heteroatoms. The van der Waals surface area contributed by atoms with Crippen LogP contribution in [0.3, 0.4) is 0 Å². The van der Waals surface area contributed by atoms with E-state index in [1.165, 1.54) is 31.2 Å². The highest BCUT2D eigenvalue weighted by molar-refractivity contribution is 5.43. The maximum Gasteiger partial charge on any atom is 0.161 e. The fraction of sp³-hybridized carbons (Fsp3) is 0.647. The van der Waals surface area contributed by atoms with E-state index in [1.807, 2.05) is 6.07 Å². The Labute approximate surface area is 122 Å². The molecule has 112 valence electrons. The van der Waals surface area contributed by atoms with E-state index in [4.69, 9.17) is 9.47 Å². The van der Waals surface area contributed by atoms with Crippen LogP contribution in [0.5, 0.6) is 11.5 Å². The number of nitrogens with one attached hydrogen (secondary N) is 1. The molecule has 0 amide bonds. The number of ether oxygens (including phenoxy) is 2. The van der Waals surface area contributed by atoms with E-state index in [2.05, 4.69) is 31.3 Å². The van der Waals surface area contributed by atoms with Crippen LogP contribution in [0.4, 0.5) is 0 Å². The molecule has 0 radical (unpaired) electrons. The molecule has 0 saturated heterocycles. The van der Waals surface area contributed by atoms with E-state index in [0.29, 0.717) is 12.1 Å². The molecule has 0 aliphatic heterocycles. The Kier molecular flexibility index (Phi) is 5.30. The maximum atomic E-state index is 5.37. The van der Waals surface area contributed by atoms with E-state index in [-0.39, 0.29) is 0 Å². The summed E-state index contributed by atoms with van der Waals surface area (Å²) in [7, 11) is 3.35. The lowest BCUT2D eigenvalue weighted by Gasteiger charge is -2.30. The molecule has 1 fully saturated rings. The third kappa shape index (κ3) is 3.66. The highest BCUT2D eigenvalue weighted by Gasteiger charge is 2.21. The van der Waals surface area contributed by atoms with Crippen molar-refractivity contribution >= 4 is 0 Å². The third-order valence-corrected chi connectivity index (χ3v) is 4.35. The highest BCUT2D eigenvalue weighted by atomic mass is 16.5. The van der Waals surface area contributed by atoms with Gasteiger partial charge in [-0.15, -0.1) is 0 Å². The molecule has 0 aromatic heterocycles. The monoisotopic (exact) mass is 277 g/mol. The van der Waals surface area contributed by atoms with Crippen LogP contribution in [-0.2, 0) is 0 Å². The first kappa shape index (κ1) is 15.2. The van der Waals surface area contributed by atoms with Gasteiger partial charge in [-0.3, -0.25) is 0 Å². The number of rotatable bonds is 7. The van der Waals surface area contributed by atoms with Crippen LogP contribution in [-0.4, -0.2) is 20.3 Å². The van der Waals surface area contributed by atoms with E-state index < -0.39 is 0 Å². The average Bonchev–Trinajstić information content (AvgIpc) is 2.42. The quantitative estimate of drug-likeness (QED) is 0.819. The Morgan fingerprint density at radius 2 is 1.85 bits per heavy atom. The molecule has 0 heterocycles. The first-order valence-corrected chi connectivity index (χ1v) is 7.62. The van der Waals surface area contributed by atoms with Crippen molar-refractivity contribution in [3.8, 4) is 11.5 Å². The second-order valence-corrected chi connectivity index (χ2v) is 5.94. The van der Waals surface area contributed by atoms with Crippen molar-refractivity contribution in [2.75, 3.05) is 14.2 Å². The zero-order valence-corrected chi connectivity index (χ0v) is 13.1. The van der Waals surface area contributed by atoms with Gasteiger partial charge in [0.2, 0.25) is 0 Å². The van der Waals surface area contributed by atoms with Crippen LogP contribution in [0.15, 0.2) is 18.2 Å². The van der Waals surface area contributed by atoms with E-state index >= 15 is 0 Å². The zero-order valence-electron chi connectivity index (χ0n) is 13.1. The highest BCUT2D eigenvalue weighted by Crippen LogP contribution is 2.32. The van der Waals surface area contributed by atoms with Gasteiger partial charge in [0.25, 0.3) is 0 Å². The van der Waals surface area contributed by atoms with Gasteiger partial charge in [0.15, 0.2) is 11.5 Å². The Balaban J connectivity index is 1.95. The summed E-state index contributed by atoms with van der Waals surface area (Å²) in [5, 5.41) is 3.69. The Bertz CT molecular complexity index is 429. The standard InChI is InChI=1S/C17H27NO2/c1-12(10-14-6-5-7-14)18-13(2)15-8-9-16(19-3)17(11-15)20-4/h8-9,11-14,18H,5-7,10H2,1-4H3. The number of hydrogen-bond acceptors (Lipinski definition) is 3. The lowest BCUT2D eigenvalue weighted by atomic mass is 9.81. The van der Waals surface area contributed by atoms with Crippen LogP contribution < -0.4 is 14.8 Å². The molecule has 1 saturated carbocycles. The summed E-state index contributed by atoms with van der Waals surface area (Å²) >= 11 is 0. The predicted octanol–water partition coefficient (Wildman–Crippen LogP) is 3.93. The summed E-state index contributed by atoms with van der Waals surface area (Å²) in [4.78, 5) is 0. The molecule has 0 bridgehead atoms. The van der Waals surface area contributed by atoms with Crippen LogP contribution >= 0.6 is 0 Å². The van der Waals surface area contributed by atoms with E-state index in [0.717, 1.165) is 17.4 Å². The molecule has 1 aromatic carbocycles. The SMILES string of the molecule is COc1ccc(C(C)NC(C)CC2CCC2)cc1OC. The van der Waals surface area contributed by atoms with Crippen molar-refractivity contribution in [1.29, 1.82) is 0 Å². The van der Waals surface area contributed by atoms with Crippen LogP contribution in [0.1, 0.15) is 51.1 Å². The van der Waals surface area contributed by atoms with Gasteiger partial charge in [-0.05, 0) is 43.9 Å². The Hall–Kier alpha value is -1.22. The van der Waals surface area contributed by atoms with E-state index in [1.54, 1.807) is 14.2 Å². The van der Waals surface area contributed by atoms with Gasteiger partial charge in [0, 0.05) is 12.1 Å². The summed E-state index contributed by atoms with van der Waals surface area (Å²) in [5.74, 6) is 2.52. The molecule has 20 heavy (non-hydrogen) atoms. The Morgan fingerprint density at radius 3 is 2.40 bits per heavy atom. The molecule has 1 aliphatic rings. The van der Waals surface area contributed by atoms with Crippen LogP contribution in [0.2, 0.25) is 0 Å². The van der Waals surface area contributed by atoms with Crippen molar-refractivity contribution in [3.63, 3.8) is 0 Å². The molecule has 2 unspecified atom stereocenters. The van der Waals surface area contributed by atoms with Crippen molar-refractivity contribution < 1.29 is 9.47 Å². The summed E-state index contributed by atoms with van der Waals surface area (Å²) in [6.07, 6.45) is 5.54. The zero-order chi connectivity index (χ0) is 14.5. The largest absolute Gasteiger partial charge is 0.493 e. The smallest absolute Gasteiger partial charge is 0.161 e. The fourth-order valence-corrected chi connectivity index (χ4v) is 2.94. The molecular weight excluding hydrogens is 250 g/mol. The molecule has 0 spiro atoms. The number of benzene rings is 1. The van der Waals surface area contributed by atoms with Gasteiger partial charge in [0.05, 0.1) is 14.2 Å². The Morgan fingerprint density at radius 1 is 1.15 bits per heavy atom. The molecule has 1 N–H and O–H groups in total. The lowest BCUT2D eigenvalue weighted by Crippen LogP contribution is -2.32. The molecule has 3 nitrogen and oxygen atoms in total. The summed E-state index contributed by atoms with van der Waals surface area (Å²) in [6, 6.07) is 7.03. The van der Waals surface area contributed by atoms with Crippen molar-refractivity contribution in [3.05, 3.63) is 23.8 Å². The fourth-order valence-electron chi connectivity index (χ4n) is 2.94. The van der Waals surface area contributed by atoms with Gasteiger partial charge < -0.3 is 14.8 Å². The van der Waals surface area contributed by atoms with Gasteiger partial charge in [-0.2, -0.15) is 0 Å². The van der Waals surface area contributed by atoms with Gasteiger partial charge in [-0.25, -0.2) is 0 Å². The van der Waals surface area contributed by atoms with Crippen molar-refractivity contribution in [2.45, 2.75) is 51.6 Å². The van der Waals surface area contributed by atoms with Gasteiger partial charge in [0.1, 0.15) is 0 Å². The van der Waals surface area contributed by atoms with E-state index in [9.17, 15) is 0 Å². The summed E-state index contributed by atoms with van der Waals surface area (Å²) in [6.45, 7) is 4.49. The first-order valence-electron chi connectivity index (χ1n) is 7.62. The molecular formula is C17H27NO2. The van der Waals surface area contributed by atoms with Gasteiger partial charge in [-0.1, -0.05) is 25.3 Å². The van der Waals surface area contributed by atoms with Crippen molar-refractivity contribution in [2.24, 2.45) is 5.92 Å². The lowest BCUT2D eigenvalue weighted by molar-refractivity contribution is 0.259. The van der Waals surface area contributed by atoms with Crippen LogP contribution in [0, 0.1) is 5.92 Å². The van der Waals surface area contributed by atoms with Gasteiger partial charge >= 0.3 is 0 Å². The maximum absolute atomic E-state index is 5.37.